The molecule has 3 N–H and O–H groups in total. The number of nitrogens with one attached hydrogen (secondary N) is 3. The van der Waals surface area contributed by atoms with Crippen molar-refractivity contribution >= 4 is 17.5 Å². The lowest BCUT2D eigenvalue weighted by Crippen LogP contribution is -2.35. The molecule has 2 aromatic heterocycles. The minimum atomic E-state index is 0.109. The van der Waals surface area contributed by atoms with Crippen LogP contribution in [0.1, 0.15) is 56.7 Å². The second-order valence-electron chi connectivity index (χ2n) is 7.81. The smallest absolute Gasteiger partial charge is 0.229 e. The van der Waals surface area contributed by atoms with Gasteiger partial charge in [-0.2, -0.15) is 19.6 Å². The molecular formula is C21H29N7. The van der Waals surface area contributed by atoms with Crippen LogP contribution >= 0.6 is 0 Å². The molecule has 0 bridgehead atoms. The Morgan fingerprint density at radius 3 is 2.54 bits per heavy atom. The number of aromatic nitrogens is 4. The molecule has 0 spiro atoms. The normalized spacial score (nSPS) is 16.4. The molecule has 4 rings (SSSR count). The summed E-state index contributed by atoms with van der Waals surface area (Å²) in [6.07, 6.45) is 4.06. The van der Waals surface area contributed by atoms with Gasteiger partial charge in [0.15, 0.2) is 5.65 Å². The third-order valence-electron chi connectivity index (χ3n) is 5.33. The van der Waals surface area contributed by atoms with E-state index in [0.29, 0.717) is 23.9 Å². The van der Waals surface area contributed by atoms with Gasteiger partial charge in [0.2, 0.25) is 11.9 Å². The first-order valence-corrected chi connectivity index (χ1v) is 10.2. The summed E-state index contributed by atoms with van der Waals surface area (Å²) in [7, 11) is 0. The molecule has 7 nitrogen and oxygen atoms in total. The Morgan fingerprint density at radius 1 is 1.07 bits per heavy atom. The summed E-state index contributed by atoms with van der Waals surface area (Å²) in [5.41, 5.74) is 3.20. The molecule has 28 heavy (non-hydrogen) atoms. The van der Waals surface area contributed by atoms with E-state index in [9.17, 15) is 0 Å². The summed E-state index contributed by atoms with van der Waals surface area (Å²) in [5, 5.41) is 15.0. The maximum Gasteiger partial charge on any atom is 0.229 e. The Balaban J connectivity index is 1.68. The molecule has 148 valence electrons. The fourth-order valence-corrected chi connectivity index (χ4v) is 3.63. The third-order valence-corrected chi connectivity index (χ3v) is 5.33. The summed E-state index contributed by atoms with van der Waals surface area (Å²) in [4.78, 5) is 9.59. The van der Waals surface area contributed by atoms with E-state index in [0.717, 1.165) is 37.1 Å². The molecule has 3 aromatic rings. The minimum absolute atomic E-state index is 0.109. The van der Waals surface area contributed by atoms with Crippen LogP contribution in [0.2, 0.25) is 0 Å². The van der Waals surface area contributed by atoms with Crippen LogP contribution in [-0.2, 0) is 0 Å². The van der Waals surface area contributed by atoms with Crippen LogP contribution in [0.25, 0.3) is 5.65 Å². The van der Waals surface area contributed by atoms with Gasteiger partial charge in [-0.05, 0) is 44.3 Å². The highest BCUT2D eigenvalue weighted by Gasteiger charge is 2.19. The zero-order valence-corrected chi connectivity index (χ0v) is 16.8. The van der Waals surface area contributed by atoms with Crippen LogP contribution in [0.3, 0.4) is 0 Å². The highest BCUT2D eigenvalue weighted by Crippen LogP contribution is 2.25. The van der Waals surface area contributed by atoms with E-state index in [4.69, 9.17) is 9.97 Å². The van der Waals surface area contributed by atoms with E-state index >= 15 is 0 Å². The number of anilines is 2. The van der Waals surface area contributed by atoms with Crippen LogP contribution < -0.4 is 16.0 Å². The largest absolute Gasteiger partial charge is 0.351 e. The molecule has 1 atom stereocenters. The first-order valence-electron chi connectivity index (χ1n) is 10.2. The van der Waals surface area contributed by atoms with Gasteiger partial charge in [-0.25, -0.2) is 0 Å². The van der Waals surface area contributed by atoms with Crippen LogP contribution in [0.4, 0.5) is 11.9 Å². The van der Waals surface area contributed by atoms with Gasteiger partial charge in [-0.1, -0.05) is 44.2 Å². The van der Waals surface area contributed by atoms with Gasteiger partial charge >= 0.3 is 0 Å². The Kier molecular flexibility index (Phi) is 5.43. The Hall–Kier alpha value is -2.67. The molecule has 1 aliphatic rings. The van der Waals surface area contributed by atoms with E-state index in [1.807, 2.05) is 16.8 Å². The average molecular weight is 380 g/mol. The maximum atomic E-state index is 4.81. The van der Waals surface area contributed by atoms with Gasteiger partial charge in [0, 0.05) is 11.6 Å². The molecule has 1 unspecified atom stereocenters. The van der Waals surface area contributed by atoms with Gasteiger partial charge in [0.25, 0.3) is 0 Å². The molecule has 3 heterocycles. The summed E-state index contributed by atoms with van der Waals surface area (Å²) in [6.45, 7) is 8.52. The number of rotatable bonds is 6. The van der Waals surface area contributed by atoms with Crippen molar-refractivity contribution in [2.75, 3.05) is 23.7 Å². The monoisotopic (exact) mass is 379 g/mol. The number of benzene rings is 1. The molecule has 0 radical (unpaired) electrons. The second kappa shape index (κ2) is 8.14. The predicted octanol–water partition coefficient (Wildman–Crippen LogP) is 3.58. The lowest BCUT2D eigenvalue weighted by molar-refractivity contribution is 0.477. The average Bonchev–Trinajstić information content (AvgIpc) is 3.14. The lowest BCUT2D eigenvalue weighted by Gasteiger charge is -2.24. The molecule has 7 heteroatoms. The summed E-state index contributed by atoms with van der Waals surface area (Å²) >= 11 is 0. The van der Waals surface area contributed by atoms with Crippen LogP contribution in [0.15, 0.2) is 36.5 Å². The van der Waals surface area contributed by atoms with E-state index in [2.05, 4.69) is 66.1 Å². The summed E-state index contributed by atoms with van der Waals surface area (Å²) < 4.78 is 1.82. The highest BCUT2D eigenvalue weighted by molar-refractivity contribution is 5.56. The van der Waals surface area contributed by atoms with Crippen LogP contribution in [0.5, 0.6) is 0 Å². The lowest BCUT2D eigenvalue weighted by atomic mass is 10.1. The fourth-order valence-electron chi connectivity index (χ4n) is 3.63. The molecular weight excluding hydrogens is 350 g/mol. The van der Waals surface area contributed by atoms with E-state index in [1.165, 1.54) is 5.56 Å². The SMILES string of the molecule is CC(C)c1cnn2c(NC(C)c3ccccc3)nc(NC3CCNCC3)nc12. The van der Waals surface area contributed by atoms with Crippen molar-refractivity contribution < 1.29 is 0 Å². The van der Waals surface area contributed by atoms with Crippen molar-refractivity contribution in [1.82, 2.24) is 24.9 Å². The molecule has 1 saturated heterocycles. The Bertz CT molecular complexity index is 913. The van der Waals surface area contributed by atoms with Crippen molar-refractivity contribution in [2.24, 2.45) is 0 Å². The first kappa shape index (κ1) is 18.7. The zero-order chi connectivity index (χ0) is 19.5. The minimum Gasteiger partial charge on any atom is -0.351 e. The number of fused-ring (bicyclic) bond motifs is 1. The zero-order valence-electron chi connectivity index (χ0n) is 16.8. The van der Waals surface area contributed by atoms with E-state index in [-0.39, 0.29) is 6.04 Å². The van der Waals surface area contributed by atoms with E-state index in [1.54, 1.807) is 0 Å². The van der Waals surface area contributed by atoms with Gasteiger partial charge in [-0.3, -0.25) is 0 Å². The number of hydrogen-bond acceptors (Lipinski definition) is 6. The predicted molar refractivity (Wildman–Crippen MR) is 113 cm³/mol. The van der Waals surface area contributed by atoms with Crippen molar-refractivity contribution in [2.45, 2.75) is 51.6 Å². The van der Waals surface area contributed by atoms with Crippen molar-refractivity contribution in [3.8, 4) is 0 Å². The fraction of sp³-hybridized carbons (Fsp3) is 0.476. The number of nitrogens with zero attached hydrogens (tertiary/aromatic N) is 4. The maximum absolute atomic E-state index is 4.81. The molecule has 1 fully saturated rings. The quantitative estimate of drug-likeness (QED) is 0.607. The van der Waals surface area contributed by atoms with Crippen molar-refractivity contribution in [3.05, 3.63) is 47.7 Å². The molecule has 0 aliphatic carbocycles. The molecule has 0 amide bonds. The van der Waals surface area contributed by atoms with Gasteiger partial charge < -0.3 is 16.0 Å². The third kappa shape index (κ3) is 3.94. The van der Waals surface area contributed by atoms with E-state index < -0.39 is 0 Å². The summed E-state index contributed by atoms with van der Waals surface area (Å²) in [5.74, 6) is 1.73. The van der Waals surface area contributed by atoms with Gasteiger partial charge in [0.1, 0.15) is 0 Å². The van der Waals surface area contributed by atoms with Crippen LogP contribution in [-0.4, -0.2) is 38.7 Å². The highest BCUT2D eigenvalue weighted by atomic mass is 15.4. The Morgan fingerprint density at radius 2 is 1.82 bits per heavy atom. The van der Waals surface area contributed by atoms with Crippen molar-refractivity contribution in [3.63, 3.8) is 0 Å². The Labute approximate surface area is 166 Å². The van der Waals surface area contributed by atoms with Gasteiger partial charge in [-0.15, -0.1) is 0 Å². The molecule has 1 aliphatic heterocycles. The second-order valence-corrected chi connectivity index (χ2v) is 7.81. The molecule has 0 saturated carbocycles. The standard InChI is InChI=1S/C21H29N7/c1-14(2)18-13-23-28-19(18)26-20(25-17-9-11-22-12-10-17)27-21(28)24-15(3)16-7-5-4-6-8-16/h4-8,13-15,17,22H,9-12H2,1-3H3,(H2,24,25,26,27). The first-order chi connectivity index (χ1) is 13.6. The van der Waals surface area contributed by atoms with Crippen LogP contribution in [0, 0.1) is 0 Å². The van der Waals surface area contributed by atoms with Crippen molar-refractivity contribution in [1.29, 1.82) is 0 Å². The summed E-state index contributed by atoms with van der Waals surface area (Å²) in [6, 6.07) is 10.9. The van der Waals surface area contributed by atoms with Gasteiger partial charge in [0.05, 0.1) is 12.2 Å². The molecule has 1 aromatic carbocycles. The number of piperidine rings is 1. The number of hydrogen-bond donors (Lipinski definition) is 3. The topological polar surface area (TPSA) is 79.2 Å².